The first-order valence-corrected chi connectivity index (χ1v) is 8.24. The number of aliphatic hydroxyl groups is 1. The molecule has 140 valence electrons. The minimum absolute atomic E-state index is 0.0828. The minimum atomic E-state index is -0.985. The third kappa shape index (κ3) is 3.93. The van der Waals surface area contributed by atoms with Crippen LogP contribution < -0.4 is 20.4 Å². The number of hydrogen-bond donors (Lipinski definition) is 2. The lowest BCUT2D eigenvalue weighted by Gasteiger charge is -2.15. The van der Waals surface area contributed by atoms with Gasteiger partial charge in [-0.2, -0.15) is 0 Å². The first-order valence-electron chi connectivity index (χ1n) is 8.24. The first-order chi connectivity index (χ1) is 13.0. The number of amides is 1. The predicted molar refractivity (Wildman–Crippen MR) is 99.3 cm³/mol. The summed E-state index contributed by atoms with van der Waals surface area (Å²) in [6.07, 6.45) is -0.985. The molecule has 27 heavy (non-hydrogen) atoms. The van der Waals surface area contributed by atoms with E-state index in [-0.39, 0.29) is 12.1 Å². The zero-order valence-electron chi connectivity index (χ0n) is 14.9. The van der Waals surface area contributed by atoms with Crippen LogP contribution in [0.2, 0.25) is 0 Å². The number of aliphatic hydroxyl groups excluding tert-OH is 1. The quantitative estimate of drug-likeness (QED) is 0.647. The van der Waals surface area contributed by atoms with Gasteiger partial charge in [-0.25, -0.2) is 4.79 Å². The predicted octanol–water partition coefficient (Wildman–Crippen LogP) is 2.27. The van der Waals surface area contributed by atoms with E-state index in [1.807, 2.05) is 0 Å². The zero-order chi connectivity index (χ0) is 19.4. The van der Waals surface area contributed by atoms with Crippen LogP contribution in [0.5, 0.6) is 11.5 Å². The van der Waals surface area contributed by atoms with Crippen LogP contribution in [-0.4, -0.2) is 31.8 Å². The highest BCUT2D eigenvalue weighted by Gasteiger charge is 2.17. The Kier molecular flexibility index (Phi) is 5.42. The van der Waals surface area contributed by atoms with Crippen LogP contribution in [0, 0.1) is 0 Å². The maximum atomic E-state index is 12.3. The molecule has 7 heteroatoms. The van der Waals surface area contributed by atoms with Gasteiger partial charge in [0.05, 0.1) is 20.3 Å². The normalized spacial score (nSPS) is 11.8. The van der Waals surface area contributed by atoms with Crippen molar-refractivity contribution in [2.24, 2.45) is 0 Å². The van der Waals surface area contributed by atoms with Gasteiger partial charge in [-0.3, -0.25) is 4.79 Å². The van der Waals surface area contributed by atoms with E-state index in [1.54, 1.807) is 42.5 Å². The molecular weight excluding hydrogens is 350 g/mol. The molecule has 0 spiro atoms. The monoisotopic (exact) mass is 369 g/mol. The SMILES string of the molecule is COc1ccc(C(O)CNC(=O)c2cc3ccccc3oc2=O)cc1OC. The number of hydrogen-bond acceptors (Lipinski definition) is 6. The van der Waals surface area contributed by atoms with Crippen molar-refractivity contribution in [3.05, 3.63) is 70.1 Å². The molecule has 0 saturated heterocycles. The van der Waals surface area contributed by atoms with Crippen LogP contribution in [0.25, 0.3) is 11.0 Å². The van der Waals surface area contributed by atoms with Gasteiger partial charge < -0.3 is 24.3 Å². The Balaban J connectivity index is 1.74. The summed E-state index contributed by atoms with van der Waals surface area (Å²) < 4.78 is 15.5. The zero-order valence-corrected chi connectivity index (χ0v) is 14.9. The van der Waals surface area contributed by atoms with Crippen molar-refractivity contribution in [2.75, 3.05) is 20.8 Å². The van der Waals surface area contributed by atoms with Crippen molar-refractivity contribution in [2.45, 2.75) is 6.10 Å². The number of benzene rings is 2. The number of methoxy groups -OCH3 is 2. The lowest BCUT2D eigenvalue weighted by molar-refractivity contribution is 0.0912. The highest BCUT2D eigenvalue weighted by atomic mass is 16.5. The molecule has 1 atom stereocenters. The molecule has 0 aliphatic carbocycles. The molecule has 2 aromatic carbocycles. The van der Waals surface area contributed by atoms with Crippen molar-refractivity contribution >= 4 is 16.9 Å². The van der Waals surface area contributed by atoms with E-state index >= 15 is 0 Å². The summed E-state index contributed by atoms with van der Waals surface area (Å²) in [5.74, 6) is 0.385. The molecule has 3 aromatic rings. The van der Waals surface area contributed by atoms with E-state index in [1.165, 1.54) is 20.3 Å². The van der Waals surface area contributed by atoms with Crippen LogP contribution in [0.3, 0.4) is 0 Å². The number of carbonyl (C=O) groups is 1. The van der Waals surface area contributed by atoms with E-state index in [4.69, 9.17) is 13.9 Å². The van der Waals surface area contributed by atoms with Crippen LogP contribution in [-0.2, 0) is 0 Å². The van der Waals surface area contributed by atoms with Gasteiger partial charge in [-0.15, -0.1) is 0 Å². The molecule has 1 amide bonds. The Morgan fingerprint density at radius 2 is 1.85 bits per heavy atom. The lowest BCUT2D eigenvalue weighted by Crippen LogP contribution is -2.31. The number of rotatable bonds is 6. The second-order valence-corrected chi connectivity index (χ2v) is 5.83. The average Bonchev–Trinajstić information content (AvgIpc) is 2.70. The van der Waals surface area contributed by atoms with Crippen molar-refractivity contribution in [3.8, 4) is 11.5 Å². The van der Waals surface area contributed by atoms with E-state index in [9.17, 15) is 14.7 Å². The van der Waals surface area contributed by atoms with Crippen molar-refractivity contribution in [1.82, 2.24) is 5.32 Å². The summed E-state index contributed by atoms with van der Waals surface area (Å²) in [5.41, 5.74) is 0.0999. The maximum absolute atomic E-state index is 12.3. The molecule has 1 heterocycles. The topological polar surface area (TPSA) is 98.0 Å². The Morgan fingerprint density at radius 3 is 2.59 bits per heavy atom. The number of carbonyl (C=O) groups excluding carboxylic acids is 1. The highest BCUT2D eigenvalue weighted by molar-refractivity contribution is 5.96. The standard InChI is InChI=1S/C20H19NO6/c1-25-17-8-7-12(10-18(17)26-2)15(22)11-21-19(23)14-9-13-5-3-4-6-16(13)27-20(14)24/h3-10,15,22H,11H2,1-2H3,(H,21,23). The molecule has 2 N–H and O–H groups in total. The smallest absolute Gasteiger partial charge is 0.349 e. The third-order valence-electron chi connectivity index (χ3n) is 4.13. The van der Waals surface area contributed by atoms with Crippen molar-refractivity contribution < 1.29 is 23.8 Å². The summed E-state index contributed by atoms with van der Waals surface area (Å²) >= 11 is 0. The second-order valence-electron chi connectivity index (χ2n) is 5.83. The molecule has 0 aliphatic heterocycles. The average molecular weight is 369 g/mol. The van der Waals surface area contributed by atoms with Crippen LogP contribution in [0.15, 0.2) is 57.7 Å². The van der Waals surface area contributed by atoms with Gasteiger partial charge in [-0.05, 0) is 29.8 Å². The molecular formula is C20H19NO6. The van der Waals surface area contributed by atoms with E-state index in [0.717, 1.165) is 0 Å². The van der Waals surface area contributed by atoms with Gasteiger partial charge in [0, 0.05) is 11.9 Å². The summed E-state index contributed by atoms with van der Waals surface area (Å²) in [4.78, 5) is 24.4. The Labute approximate surface area is 155 Å². The minimum Gasteiger partial charge on any atom is -0.493 e. The van der Waals surface area contributed by atoms with Gasteiger partial charge in [0.15, 0.2) is 11.5 Å². The number of para-hydroxylation sites is 1. The maximum Gasteiger partial charge on any atom is 0.349 e. The molecule has 7 nitrogen and oxygen atoms in total. The molecule has 3 rings (SSSR count). The van der Waals surface area contributed by atoms with Crippen LogP contribution in [0.4, 0.5) is 0 Å². The van der Waals surface area contributed by atoms with Crippen LogP contribution >= 0.6 is 0 Å². The lowest BCUT2D eigenvalue weighted by atomic mass is 10.1. The molecule has 0 fully saturated rings. The summed E-state index contributed by atoms with van der Waals surface area (Å²) in [5, 5.41) is 13.5. The van der Waals surface area contributed by atoms with Gasteiger partial charge in [0.2, 0.25) is 0 Å². The fraction of sp³-hybridized carbons (Fsp3) is 0.200. The first kappa shape index (κ1) is 18.5. The fourth-order valence-electron chi connectivity index (χ4n) is 2.68. The van der Waals surface area contributed by atoms with Gasteiger partial charge in [-0.1, -0.05) is 24.3 Å². The third-order valence-corrected chi connectivity index (χ3v) is 4.13. The number of fused-ring (bicyclic) bond motifs is 1. The molecule has 1 unspecified atom stereocenters. The van der Waals surface area contributed by atoms with E-state index in [2.05, 4.69) is 5.32 Å². The Bertz CT molecular complexity index is 1030. The Morgan fingerprint density at radius 1 is 1.11 bits per heavy atom. The molecule has 0 saturated carbocycles. The van der Waals surface area contributed by atoms with Crippen molar-refractivity contribution in [1.29, 1.82) is 0 Å². The summed E-state index contributed by atoms with van der Waals surface area (Å²) in [6.45, 7) is -0.0828. The number of ether oxygens (including phenoxy) is 2. The van der Waals surface area contributed by atoms with E-state index in [0.29, 0.717) is 28.0 Å². The highest BCUT2D eigenvalue weighted by Crippen LogP contribution is 2.29. The van der Waals surface area contributed by atoms with Gasteiger partial charge in [0.25, 0.3) is 5.91 Å². The largest absolute Gasteiger partial charge is 0.493 e. The van der Waals surface area contributed by atoms with Crippen molar-refractivity contribution in [3.63, 3.8) is 0 Å². The van der Waals surface area contributed by atoms with E-state index < -0.39 is 17.6 Å². The molecule has 0 aliphatic rings. The summed E-state index contributed by atoms with van der Waals surface area (Å²) in [6, 6.07) is 13.3. The second kappa shape index (κ2) is 7.92. The number of nitrogens with one attached hydrogen (secondary N) is 1. The summed E-state index contributed by atoms with van der Waals surface area (Å²) in [7, 11) is 3.01. The van der Waals surface area contributed by atoms with Gasteiger partial charge in [0.1, 0.15) is 11.1 Å². The Hall–Kier alpha value is -3.32. The fourth-order valence-corrected chi connectivity index (χ4v) is 2.68. The van der Waals surface area contributed by atoms with Crippen LogP contribution in [0.1, 0.15) is 22.0 Å². The molecule has 0 bridgehead atoms. The van der Waals surface area contributed by atoms with Gasteiger partial charge >= 0.3 is 5.63 Å². The molecule has 0 radical (unpaired) electrons. The molecule has 1 aromatic heterocycles.